The molecule has 1 atom stereocenters. The second-order valence-electron chi connectivity index (χ2n) is 4.43. The van der Waals surface area contributed by atoms with Crippen LogP contribution in [0.4, 0.5) is 0 Å². The quantitative estimate of drug-likeness (QED) is 0.770. The maximum Gasteiger partial charge on any atom is 0.250 e. The first kappa shape index (κ1) is 17.0. The highest BCUT2D eigenvalue weighted by atomic mass is 32.2. The van der Waals surface area contributed by atoms with E-state index in [4.69, 9.17) is 0 Å². The van der Waals surface area contributed by atoms with E-state index < -0.39 is 10.0 Å². The van der Waals surface area contributed by atoms with Crippen molar-refractivity contribution >= 4 is 33.1 Å². The number of aryl methyl sites for hydroxylation is 1. The van der Waals surface area contributed by atoms with Gasteiger partial charge >= 0.3 is 0 Å². The zero-order valence-electron chi connectivity index (χ0n) is 11.8. The van der Waals surface area contributed by atoms with E-state index in [1.807, 2.05) is 27.0 Å². The van der Waals surface area contributed by atoms with E-state index in [2.05, 4.69) is 10.0 Å². The Bertz CT molecular complexity index is 497. The smallest absolute Gasteiger partial charge is 0.250 e. The van der Waals surface area contributed by atoms with Gasteiger partial charge in [0.05, 0.1) is 0 Å². The van der Waals surface area contributed by atoms with E-state index in [1.165, 1.54) is 11.3 Å². The van der Waals surface area contributed by atoms with Gasteiger partial charge in [0.2, 0.25) is 10.0 Å². The predicted molar refractivity (Wildman–Crippen MR) is 84.6 cm³/mol. The molecule has 4 nitrogen and oxygen atoms in total. The maximum atomic E-state index is 12.2. The summed E-state index contributed by atoms with van der Waals surface area (Å²) < 4.78 is 27.6. The Labute approximate surface area is 124 Å². The number of nitrogens with one attached hydrogen (secondary N) is 2. The number of sulfonamides is 1. The second kappa shape index (κ2) is 7.64. The Balaban J connectivity index is 2.84. The molecule has 0 saturated carbocycles. The topological polar surface area (TPSA) is 58.2 Å². The van der Waals surface area contributed by atoms with Crippen LogP contribution in [0.15, 0.2) is 10.3 Å². The minimum atomic E-state index is -3.38. The van der Waals surface area contributed by atoms with E-state index in [9.17, 15) is 8.42 Å². The molecule has 1 heterocycles. The van der Waals surface area contributed by atoms with Crippen molar-refractivity contribution < 1.29 is 8.42 Å². The van der Waals surface area contributed by atoms with Crippen LogP contribution in [0.1, 0.15) is 24.3 Å². The highest BCUT2D eigenvalue weighted by Gasteiger charge is 2.20. The highest BCUT2D eigenvalue weighted by molar-refractivity contribution is 7.98. The summed E-state index contributed by atoms with van der Waals surface area (Å²) in [4.78, 5) is 1.08. The van der Waals surface area contributed by atoms with Crippen LogP contribution in [0.3, 0.4) is 0 Å². The summed E-state index contributed by atoms with van der Waals surface area (Å²) in [6.07, 6.45) is 1.97. The summed E-state index contributed by atoms with van der Waals surface area (Å²) in [5.41, 5.74) is 1.03. The van der Waals surface area contributed by atoms with Crippen LogP contribution >= 0.6 is 23.1 Å². The maximum absolute atomic E-state index is 12.2. The first-order valence-electron chi connectivity index (χ1n) is 6.22. The summed E-state index contributed by atoms with van der Waals surface area (Å²) in [7, 11) is -3.38. The first-order valence-corrected chi connectivity index (χ1v) is 9.91. The zero-order valence-corrected chi connectivity index (χ0v) is 14.3. The third-order valence-corrected chi connectivity index (χ3v) is 6.70. The Morgan fingerprint density at radius 3 is 2.74 bits per heavy atom. The number of hydrogen-bond donors (Lipinski definition) is 2. The number of hydrogen-bond acceptors (Lipinski definition) is 5. The van der Waals surface area contributed by atoms with E-state index in [0.717, 1.165) is 29.3 Å². The fourth-order valence-electron chi connectivity index (χ4n) is 1.64. The number of thiophene rings is 1. The van der Waals surface area contributed by atoms with Crippen LogP contribution < -0.4 is 10.0 Å². The molecule has 2 N–H and O–H groups in total. The summed E-state index contributed by atoms with van der Waals surface area (Å²) in [6, 6.07) is 1.70. The van der Waals surface area contributed by atoms with Gasteiger partial charge in [0.1, 0.15) is 4.21 Å². The average Bonchev–Trinajstić information content (AvgIpc) is 2.68. The molecule has 110 valence electrons. The highest BCUT2D eigenvalue weighted by Crippen LogP contribution is 2.26. The third kappa shape index (κ3) is 5.07. The number of rotatable bonds is 8. The molecule has 0 radical (unpaired) electrons. The van der Waals surface area contributed by atoms with Gasteiger partial charge in [-0.3, -0.25) is 0 Å². The third-order valence-electron chi connectivity index (χ3n) is 2.57. The van der Waals surface area contributed by atoms with Crippen molar-refractivity contribution in [2.45, 2.75) is 37.6 Å². The van der Waals surface area contributed by atoms with Gasteiger partial charge in [0, 0.05) is 23.2 Å². The van der Waals surface area contributed by atoms with Gasteiger partial charge in [-0.2, -0.15) is 11.8 Å². The molecule has 0 aliphatic rings. The molecule has 0 amide bonds. The van der Waals surface area contributed by atoms with E-state index >= 15 is 0 Å². The first-order chi connectivity index (χ1) is 8.90. The van der Waals surface area contributed by atoms with Crippen molar-refractivity contribution in [3.63, 3.8) is 0 Å². The molecule has 1 aromatic rings. The van der Waals surface area contributed by atoms with Crippen molar-refractivity contribution in [3.8, 4) is 0 Å². The summed E-state index contributed by atoms with van der Waals surface area (Å²) in [5, 5.41) is 3.22. The van der Waals surface area contributed by atoms with E-state index in [0.29, 0.717) is 4.21 Å². The average molecular weight is 323 g/mol. The minimum absolute atomic E-state index is 0.0559. The lowest BCUT2D eigenvalue weighted by Crippen LogP contribution is -2.33. The normalized spacial score (nSPS) is 13.7. The summed E-state index contributed by atoms with van der Waals surface area (Å²) >= 11 is 2.98. The molecule has 0 fully saturated rings. The predicted octanol–water partition coefficient (Wildman–Crippen LogP) is 2.20. The van der Waals surface area contributed by atoms with Gasteiger partial charge in [-0.15, -0.1) is 11.3 Å². The van der Waals surface area contributed by atoms with E-state index in [1.54, 1.807) is 17.8 Å². The molecule has 0 spiro atoms. The molecule has 0 aliphatic heterocycles. The molecule has 1 aromatic heterocycles. The monoisotopic (exact) mass is 322 g/mol. The van der Waals surface area contributed by atoms with Gasteiger partial charge in [0.25, 0.3) is 0 Å². The molecule has 1 rings (SSSR count). The van der Waals surface area contributed by atoms with Crippen molar-refractivity contribution in [1.29, 1.82) is 0 Å². The molecule has 7 heteroatoms. The Kier molecular flexibility index (Phi) is 6.82. The van der Waals surface area contributed by atoms with Gasteiger partial charge in [-0.05, 0) is 38.3 Å². The molecule has 1 unspecified atom stereocenters. The Hall–Kier alpha value is -0.0800. The van der Waals surface area contributed by atoms with Crippen LogP contribution in [-0.4, -0.2) is 33.0 Å². The number of thioether (sulfide) groups is 1. The van der Waals surface area contributed by atoms with Crippen molar-refractivity contribution in [1.82, 2.24) is 10.0 Å². The van der Waals surface area contributed by atoms with Crippen LogP contribution in [0.2, 0.25) is 0 Å². The van der Waals surface area contributed by atoms with Gasteiger partial charge < -0.3 is 5.32 Å². The van der Waals surface area contributed by atoms with Crippen LogP contribution in [0, 0.1) is 6.92 Å². The lowest BCUT2D eigenvalue weighted by atomic mass is 10.3. The van der Waals surface area contributed by atoms with Crippen LogP contribution in [0.25, 0.3) is 0 Å². The fourth-order valence-corrected chi connectivity index (χ4v) is 5.15. The van der Waals surface area contributed by atoms with Gasteiger partial charge in [0.15, 0.2) is 0 Å². The Morgan fingerprint density at radius 1 is 1.47 bits per heavy atom. The molecule has 0 aromatic carbocycles. The summed E-state index contributed by atoms with van der Waals surface area (Å²) in [6.45, 7) is 7.47. The van der Waals surface area contributed by atoms with Crippen LogP contribution in [-0.2, 0) is 16.6 Å². The van der Waals surface area contributed by atoms with Crippen molar-refractivity contribution in [2.75, 3.05) is 18.6 Å². The largest absolute Gasteiger partial charge is 0.312 e. The summed E-state index contributed by atoms with van der Waals surface area (Å²) in [5.74, 6) is 0.772. The molecule has 0 aliphatic carbocycles. The molecule has 19 heavy (non-hydrogen) atoms. The molecular formula is C12H22N2O2S3. The minimum Gasteiger partial charge on any atom is -0.312 e. The van der Waals surface area contributed by atoms with Crippen molar-refractivity contribution in [2.24, 2.45) is 0 Å². The lowest BCUT2D eigenvalue weighted by molar-refractivity contribution is 0.573. The van der Waals surface area contributed by atoms with Crippen LogP contribution in [0.5, 0.6) is 0 Å². The second-order valence-corrected chi connectivity index (χ2v) is 8.42. The Morgan fingerprint density at radius 2 is 2.16 bits per heavy atom. The standard InChI is InChI=1S/C12H22N2O2S3/c1-5-13-7-11-9(2)6-12(18-11)19(15,16)14-10(3)8-17-4/h6,10,13-14H,5,7-8H2,1-4H3. The SMILES string of the molecule is CCNCc1sc(S(=O)(=O)NC(C)CSC)cc1C. The molecule has 0 bridgehead atoms. The lowest BCUT2D eigenvalue weighted by Gasteiger charge is -2.11. The van der Waals surface area contributed by atoms with Gasteiger partial charge in [-0.25, -0.2) is 13.1 Å². The zero-order chi connectivity index (χ0) is 14.5. The van der Waals surface area contributed by atoms with Crippen molar-refractivity contribution in [3.05, 3.63) is 16.5 Å². The fraction of sp³-hybridized carbons (Fsp3) is 0.667. The molecule has 0 saturated heterocycles. The van der Waals surface area contributed by atoms with E-state index in [-0.39, 0.29) is 6.04 Å². The van der Waals surface area contributed by atoms with Gasteiger partial charge in [-0.1, -0.05) is 6.92 Å². The molecular weight excluding hydrogens is 300 g/mol.